The minimum Gasteiger partial charge on any atom is -0.384 e. The molecular weight excluding hydrogens is 330 g/mol. The topological polar surface area (TPSA) is 116 Å². The van der Waals surface area contributed by atoms with Gasteiger partial charge in [-0.2, -0.15) is 0 Å². The Labute approximate surface area is 141 Å². The molecule has 132 valence electrons. The summed E-state index contributed by atoms with van der Waals surface area (Å²) in [6.45, 7) is 1.29. The second-order valence-electron chi connectivity index (χ2n) is 6.36. The van der Waals surface area contributed by atoms with Gasteiger partial charge in [0.2, 0.25) is 10.0 Å². The van der Waals surface area contributed by atoms with E-state index in [1.807, 2.05) is 11.0 Å². The van der Waals surface area contributed by atoms with Crippen LogP contribution in [0.15, 0.2) is 41.7 Å². The fourth-order valence-corrected chi connectivity index (χ4v) is 4.39. The Morgan fingerprint density at radius 3 is 2.38 bits per heavy atom. The van der Waals surface area contributed by atoms with Gasteiger partial charge in [0.1, 0.15) is 12.2 Å². The Morgan fingerprint density at radius 2 is 1.75 bits per heavy atom. The lowest BCUT2D eigenvalue weighted by molar-refractivity contribution is 0.00407. The third-order valence-electron chi connectivity index (χ3n) is 4.50. The maximum Gasteiger partial charge on any atom is 0.236 e. The Balaban J connectivity index is 1.76. The highest BCUT2D eigenvalue weighted by Gasteiger charge is 2.43. The van der Waals surface area contributed by atoms with Crippen LogP contribution in [0.1, 0.15) is 18.4 Å². The normalized spacial score (nSPS) is 25.5. The molecule has 1 aliphatic heterocycles. The van der Waals surface area contributed by atoms with Crippen molar-refractivity contribution >= 4 is 10.0 Å². The Bertz CT molecular complexity index is 712. The van der Waals surface area contributed by atoms with E-state index in [9.17, 15) is 18.6 Å². The summed E-state index contributed by atoms with van der Waals surface area (Å²) >= 11 is 0. The SMILES string of the molecule is NC1CCN(C2=C(NS(=O)(=O)Cc3ccccc3)C(O)C2O)CC1. The van der Waals surface area contributed by atoms with Crippen LogP contribution in [-0.4, -0.2) is 54.9 Å². The van der Waals surface area contributed by atoms with Gasteiger partial charge in [0.25, 0.3) is 0 Å². The standard InChI is InChI=1S/C16H23N3O4S/c17-12-6-8-19(9-7-12)14-13(15(20)16(14)21)18-24(22,23)10-11-4-2-1-3-5-11/h1-5,12,15-16,18,20-21H,6-10,17H2. The van der Waals surface area contributed by atoms with Gasteiger partial charge in [-0.25, -0.2) is 8.42 Å². The summed E-state index contributed by atoms with van der Waals surface area (Å²) in [6, 6.07) is 8.95. The zero-order chi connectivity index (χ0) is 17.3. The van der Waals surface area contributed by atoms with Gasteiger partial charge in [0.15, 0.2) is 0 Å². The predicted octanol–water partition coefficient (Wildman–Crippen LogP) is -0.524. The van der Waals surface area contributed by atoms with Gasteiger partial charge in [-0.05, 0) is 18.4 Å². The molecule has 2 aliphatic rings. The summed E-state index contributed by atoms with van der Waals surface area (Å²) in [4.78, 5) is 1.90. The molecule has 2 unspecified atom stereocenters. The number of likely N-dealkylation sites (tertiary alicyclic amines) is 1. The van der Waals surface area contributed by atoms with Crippen molar-refractivity contribution in [2.45, 2.75) is 36.8 Å². The predicted molar refractivity (Wildman–Crippen MR) is 90.0 cm³/mol. The molecule has 1 saturated heterocycles. The number of hydrogen-bond acceptors (Lipinski definition) is 6. The number of benzene rings is 1. The molecule has 0 bridgehead atoms. The van der Waals surface area contributed by atoms with Gasteiger partial charge in [0, 0.05) is 19.1 Å². The Hall–Kier alpha value is -1.61. The summed E-state index contributed by atoms with van der Waals surface area (Å²) in [5.74, 6) is -0.182. The van der Waals surface area contributed by atoms with Crippen LogP contribution in [0, 0.1) is 0 Å². The quantitative estimate of drug-likeness (QED) is 0.566. The van der Waals surface area contributed by atoms with Crippen LogP contribution in [0.2, 0.25) is 0 Å². The smallest absolute Gasteiger partial charge is 0.236 e. The average Bonchev–Trinajstić information content (AvgIpc) is 2.56. The van der Waals surface area contributed by atoms with Crippen LogP contribution in [0.4, 0.5) is 0 Å². The molecule has 3 rings (SSSR count). The number of piperidine rings is 1. The number of sulfonamides is 1. The Morgan fingerprint density at radius 1 is 1.12 bits per heavy atom. The fraction of sp³-hybridized carbons (Fsp3) is 0.500. The maximum absolute atomic E-state index is 12.4. The first-order valence-corrected chi connectivity index (χ1v) is 9.68. The van der Waals surface area contributed by atoms with E-state index in [1.165, 1.54) is 0 Å². The van der Waals surface area contributed by atoms with Gasteiger partial charge in [0.05, 0.1) is 17.1 Å². The summed E-state index contributed by atoms with van der Waals surface area (Å²) in [5, 5.41) is 20.0. The van der Waals surface area contributed by atoms with E-state index in [0.29, 0.717) is 24.4 Å². The minimum atomic E-state index is -3.66. The number of nitrogens with one attached hydrogen (secondary N) is 1. The first-order valence-electron chi connectivity index (χ1n) is 8.02. The monoisotopic (exact) mass is 353 g/mol. The molecule has 0 amide bonds. The number of aliphatic hydroxyl groups excluding tert-OH is 2. The zero-order valence-corrected chi connectivity index (χ0v) is 14.1. The van der Waals surface area contributed by atoms with Crippen molar-refractivity contribution in [1.29, 1.82) is 0 Å². The number of hydrogen-bond donors (Lipinski definition) is 4. The molecule has 0 spiro atoms. The lowest BCUT2D eigenvalue weighted by Crippen LogP contribution is -2.55. The lowest BCUT2D eigenvalue weighted by Gasteiger charge is -2.44. The minimum absolute atomic E-state index is 0.127. The van der Waals surface area contributed by atoms with Crippen LogP contribution >= 0.6 is 0 Å². The highest BCUT2D eigenvalue weighted by molar-refractivity contribution is 7.88. The molecule has 1 aromatic carbocycles. The molecule has 7 nitrogen and oxygen atoms in total. The average molecular weight is 353 g/mol. The summed E-state index contributed by atoms with van der Waals surface area (Å²) in [6.07, 6.45) is -0.720. The Kier molecular flexibility index (Phi) is 4.82. The van der Waals surface area contributed by atoms with Crippen molar-refractivity contribution in [1.82, 2.24) is 9.62 Å². The number of aliphatic hydroxyl groups is 2. The van der Waals surface area contributed by atoms with Crippen LogP contribution in [-0.2, 0) is 15.8 Å². The molecule has 2 atom stereocenters. The second-order valence-corrected chi connectivity index (χ2v) is 8.08. The molecular formula is C16H23N3O4S. The largest absolute Gasteiger partial charge is 0.384 e. The molecule has 1 fully saturated rings. The van der Waals surface area contributed by atoms with Gasteiger partial charge in [-0.1, -0.05) is 30.3 Å². The van der Waals surface area contributed by atoms with Crippen LogP contribution in [0.5, 0.6) is 0 Å². The molecule has 24 heavy (non-hydrogen) atoms. The molecule has 0 saturated carbocycles. The third kappa shape index (κ3) is 3.56. The van der Waals surface area contributed by atoms with Crippen molar-refractivity contribution in [3.05, 3.63) is 47.3 Å². The third-order valence-corrected chi connectivity index (χ3v) is 5.74. The fourth-order valence-electron chi connectivity index (χ4n) is 3.13. The first kappa shape index (κ1) is 17.2. The van der Waals surface area contributed by atoms with E-state index < -0.39 is 22.2 Å². The molecule has 5 N–H and O–H groups in total. The van der Waals surface area contributed by atoms with Crippen LogP contribution in [0.3, 0.4) is 0 Å². The van der Waals surface area contributed by atoms with E-state index in [0.717, 1.165) is 12.8 Å². The van der Waals surface area contributed by atoms with Crippen molar-refractivity contribution in [3.8, 4) is 0 Å². The van der Waals surface area contributed by atoms with Crippen molar-refractivity contribution in [2.75, 3.05) is 13.1 Å². The van der Waals surface area contributed by atoms with Crippen molar-refractivity contribution in [2.24, 2.45) is 5.73 Å². The van der Waals surface area contributed by atoms with Gasteiger partial charge < -0.3 is 20.8 Å². The van der Waals surface area contributed by atoms with Gasteiger partial charge in [-0.3, -0.25) is 4.72 Å². The summed E-state index contributed by atoms with van der Waals surface area (Å²) < 4.78 is 27.2. The van der Waals surface area contributed by atoms with E-state index in [-0.39, 0.29) is 17.5 Å². The molecule has 8 heteroatoms. The molecule has 1 aliphatic carbocycles. The maximum atomic E-state index is 12.4. The molecule has 0 aromatic heterocycles. The summed E-state index contributed by atoms with van der Waals surface area (Å²) in [5.41, 5.74) is 7.17. The molecule has 1 aromatic rings. The van der Waals surface area contributed by atoms with E-state index in [4.69, 9.17) is 5.73 Å². The number of nitrogens with two attached hydrogens (primary N) is 1. The van der Waals surface area contributed by atoms with E-state index in [2.05, 4.69) is 4.72 Å². The zero-order valence-electron chi connectivity index (χ0n) is 13.3. The van der Waals surface area contributed by atoms with Crippen molar-refractivity contribution < 1.29 is 18.6 Å². The van der Waals surface area contributed by atoms with Crippen LogP contribution in [0.25, 0.3) is 0 Å². The summed E-state index contributed by atoms with van der Waals surface area (Å²) in [7, 11) is -3.66. The molecule has 0 radical (unpaired) electrons. The van der Waals surface area contributed by atoms with Gasteiger partial charge in [-0.15, -0.1) is 0 Å². The highest BCUT2D eigenvalue weighted by atomic mass is 32.2. The van der Waals surface area contributed by atoms with E-state index in [1.54, 1.807) is 24.3 Å². The first-order chi connectivity index (χ1) is 11.4. The van der Waals surface area contributed by atoms with E-state index >= 15 is 0 Å². The number of rotatable bonds is 5. The van der Waals surface area contributed by atoms with Gasteiger partial charge >= 0.3 is 0 Å². The van der Waals surface area contributed by atoms with Crippen LogP contribution < -0.4 is 10.5 Å². The highest BCUT2D eigenvalue weighted by Crippen LogP contribution is 2.32. The molecule has 1 heterocycles. The number of nitrogens with zero attached hydrogens (tertiary/aromatic N) is 1. The van der Waals surface area contributed by atoms with Crippen molar-refractivity contribution in [3.63, 3.8) is 0 Å². The lowest BCUT2D eigenvalue weighted by atomic mass is 9.91. The second kappa shape index (κ2) is 6.72.